The van der Waals surface area contributed by atoms with E-state index in [1.807, 2.05) is 0 Å². The zero-order valence-electron chi connectivity index (χ0n) is 7.23. The minimum absolute atomic E-state index is 0.297. The third-order valence-corrected chi connectivity index (χ3v) is 1.87. The van der Waals surface area contributed by atoms with E-state index in [1.165, 1.54) is 0 Å². The first kappa shape index (κ1) is 8.71. The van der Waals surface area contributed by atoms with Crippen molar-refractivity contribution in [3.63, 3.8) is 0 Å². The summed E-state index contributed by atoms with van der Waals surface area (Å²) in [5.41, 5.74) is 7.29. The number of oxazole rings is 1. The molecule has 72 valence electrons. The molecule has 0 radical (unpaired) electrons. The summed E-state index contributed by atoms with van der Waals surface area (Å²) in [5.74, 6) is -1.47. The van der Waals surface area contributed by atoms with Gasteiger partial charge in [0.15, 0.2) is 5.58 Å². The van der Waals surface area contributed by atoms with E-state index in [9.17, 15) is 4.79 Å². The van der Waals surface area contributed by atoms with E-state index >= 15 is 0 Å². The highest BCUT2D eigenvalue weighted by atomic mass is 16.4. The van der Waals surface area contributed by atoms with Crippen molar-refractivity contribution in [2.75, 3.05) is 0 Å². The summed E-state index contributed by atoms with van der Waals surface area (Å²) in [4.78, 5) is 14.3. The third kappa shape index (κ3) is 1.33. The van der Waals surface area contributed by atoms with Crippen molar-refractivity contribution in [3.8, 4) is 0 Å². The lowest BCUT2D eigenvalue weighted by Crippen LogP contribution is -1.94. The number of hydrogen-bond acceptors (Lipinski definition) is 4. The van der Waals surface area contributed by atoms with Gasteiger partial charge in [-0.2, -0.15) is 0 Å². The Kier molecular flexibility index (Phi) is 1.94. The van der Waals surface area contributed by atoms with Gasteiger partial charge in [0.05, 0.1) is 0 Å². The maximum absolute atomic E-state index is 10.5. The van der Waals surface area contributed by atoms with E-state index in [0.29, 0.717) is 17.6 Å². The molecule has 1 aromatic heterocycles. The smallest absolute Gasteiger partial charge is 0.392 e. The largest absolute Gasteiger partial charge is 0.474 e. The molecule has 0 aliphatic heterocycles. The van der Waals surface area contributed by atoms with Gasteiger partial charge in [0.1, 0.15) is 5.52 Å². The summed E-state index contributed by atoms with van der Waals surface area (Å²) in [5, 5.41) is 8.63. The number of nitrogens with two attached hydrogens (primary N) is 1. The maximum Gasteiger partial charge on any atom is 0.392 e. The van der Waals surface area contributed by atoms with Crippen molar-refractivity contribution in [1.29, 1.82) is 0 Å². The van der Waals surface area contributed by atoms with E-state index in [-0.39, 0.29) is 5.89 Å². The van der Waals surface area contributed by atoms with Gasteiger partial charge < -0.3 is 15.3 Å². The fourth-order valence-electron chi connectivity index (χ4n) is 1.19. The average Bonchev–Trinajstić information content (AvgIpc) is 2.59. The van der Waals surface area contributed by atoms with Crippen molar-refractivity contribution in [1.82, 2.24) is 4.98 Å². The van der Waals surface area contributed by atoms with Crippen LogP contribution in [0.25, 0.3) is 11.1 Å². The molecule has 0 saturated heterocycles. The molecular weight excluding hydrogens is 184 g/mol. The summed E-state index contributed by atoms with van der Waals surface area (Å²) in [6.07, 6.45) is 0. The minimum atomic E-state index is -1.17. The number of aromatic carboxylic acids is 1. The molecule has 14 heavy (non-hydrogen) atoms. The lowest BCUT2D eigenvalue weighted by Gasteiger charge is -1.92. The second kappa shape index (κ2) is 3.12. The first-order valence-electron chi connectivity index (χ1n) is 4.03. The number of rotatable bonds is 2. The number of carbonyl (C=O) groups is 1. The van der Waals surface area contributed by atoms with E-state index in [4.69, 9.17) is 15.3 Å². The molecule has 1 aromatic carbocycles. The van der Waals surface area contributed by atoms with Gasteiger partial charge >= 0.3 is 11.9 Å². The fraction of sp³-hybridized carbons (Fsp3) is 0.111. The van der Waals surface area contributed by atoms with Gasteiger partial charge in [-0.05, 0) is 17.7 Å². The van der Waals surface area contributed by atoms with Crippen molar-refractivity contribution in [2.45, 2.75) is 6.54 Å². The molecule has 0 unspecified atom stereocenters. The first-order chi connectivity index (χ1) is 6.70. The Bertz CT molecular complexity index is 490. The van der Waals surface area contributed by atoms with Crippen LogP contribution in [0, 0.1) is 0 Å². The van der Waals surface area contributed by atoms with Crippen molar-refractivity contribution < 1.29 is 14.3 Å². The van der Waals surface area contributed by atoms with Crippen molar-refractivity contribution in [3.05, 3.63) is 29.7 Å². The molecule has 0 aliphatic rings. The van der Waals surface area contributed by atoms with Gasteiger partial charge in [0.2, 0.25) is 0 Å². The fourth-order valence-corrected chi connectivity index (χ4v) is 1.19. The molecule has 5 heteroatoms. The number of hydrogen-bond donors (Lipinski definition) is 2. The van der Waals surface area contributed by atoms with Crippen molar-refractivity contribution in [2.24, 2.45) is 5.73 Å². The molecule has 0 saturated carbocycles. The van der Waals surface area contributed by atoms with Crippen LogP contribution in [0.15, 0.2) is 22.6 Å². The molecule has 0 spiro atoms. The lowest BCUT2D eigenvalue weighted by molar-refractivity contribution is 0.0656. The molecule has 0 amide bonds. The highest BCUT2D eigenvalue weighted by Gasteiger charge is 2.12. The predicted octanol–water partition coefficient (Wildman–Crippen LogP) is 0.985. The second-order valence-electron chi connectivity index (χ2n) is 2.83. The monoisotopic (exact) mass is 192 g/mol. The number of carboxylic acids is 1. The Labute approximate surface area is 79.2 Å². The lowest BCUT2D eigenvalue weighted by atomic mass is 10.2. The van der Waals surface area contributed by atoms with Crippen molar-refractivity contribution >= 4 is 17.1 Å². The number of carboxylic acid groups (broad SMARTS) is 1. The zero-order valence-corrected chi connectivity index (χ0v) is 7.23. The number of aromatic nitrogens is 1. The van der Waals surface area contributed by atoms with Gasteiger partial charge in [-0.15, -0.1) is 0 Å². The summed E-state index contributed by atoms with van der Waals surface area (Å²) in [6, 6.07) is 5.17. The molecule has 5 nitrogen and oxygen atoms in total. The van der Waals surface area contributed by atoms with Crippen LogP contribution >= 0.6 is 0 Å². The molecule has 2 aromatic rings. The number of fused-ring (bicyclic) bond motifs is 1. The van der Waals surface area contributed by atoms with Crippen LogP contribution in [0.3, 0.4) is 0 Å². The molecule has 0 atom stereocenters. The van der Waals surface area contributed by atoms with Gasteiger partial charge in [0.25, 0.3) is 0 Å². The zero-order chi connectivity index (χ0) is 10.1. The second-order valence-corrected chi connectivity index (χ2v) is 2.83. The van der Waals surface area contributed by atoms with E-state index in [2.05, 4.69) is 4.98 Å². The Morgan fingerprint density at radius 3 is 3.00 bits per heavy atom. The van der Waals surface area contributed by atoms with Crippen LogP contribution in [-0.2, 0) is 6.54 Å². The predicted molar refractivity (Wildman–Crippen MR) is 48.9 cm³/mol. The van der Waals surface area contributed by atoms with E-state index < -0.39 is 5.97 Å². The molecule has 2 rings (SSSR count). The summed E-state index contributed by atoms with van der Waals surface area (Å²) in [7, 11) is 0. The van der Waals surface area contributed by atoms with Gasteiger partial charge in [-0.25, -0.2) is 9.78 Å². The Hall–Kier alpha value is -1.88. The normalized spacial score (nSPS) is 10.6. The van der Waals surface area contributed by atoms with E-state index in [1.54, 1.807) is 18.2 Å². The molecule has 0 bridgehead atoms. The van der Waals surface area contributed by atoms with Crippen LogP contribution < -0.4 is 5.73 Å². The van der Waals surface area contributed by atoms with Crippen LogP contribution in [-0.4, -0.2) is 16.1 Å². The Morgan fingerprint density at radius 2 is 2.36 bits per heavy atom. The number of benzene rings is 1. The Morgan fingerprint density at radius 1 is 1.57 bits per heavy atom. The van der Waals surface area contributed by atoms with Crippen LogP contribution in [0.5, 0.6) is 0 Å². The minimum Gasteiger partial charge on any atom is -0.474 e. The molecule has 0 aliphatic carbocycles. The van der Waals surface area contributed by atoms with Gasteiger partial charge in [0, 0.05) is 6.54 Å². The molecule has 3 N–H and O–H groups in total. The summed E-state index contributed by atoms with van der Waals surface area (Å²) in [6.45, 7) is 0.388. The highest BCUT2D eigenvalue weighted by molar-refractivity contribution is 5.86. The summed E-state index contributed by atoms with van der Waals surface area (Å²) >= 11 is 0. The van der Waals surface area contributed by atoms with E-state index in [0.717, 1.165) is 5.56 Å². The standard InChI is InChI=1S/C9H8N2O3/c10-4-5-1-2-6-7(3-5)14-8(11-6)9(12)13/h1-3H,4,10H2,(H,12,13). The quantitative estimate of drug-likeness (QED) is 0.740. The number of nitrogens with zero attached hydrogens (tertiary/aromatic N) is 1. The van der Waals surface area contributed by atoms with Gasteiger partial charge in [-0.3, -0.25) is 0 Å². The Balaban J connectivity index is 2.60. The highest BCUT2D eigenvalue weighted by Crippen LogP contribution is 2.16. The van der Waals surface area contributed by atoms with Gasteiger partial charge in [-0.1, -0.05) is 6.07 Å². The SMILES string of the molecule is NCc1ccc2nc(C(=O)O)oc2c1. The van der Waals surface area contributed by atoms with Crippen LogP contribution in [0.4, 0.5) is 0 Å². The first-order valence-corrected chi connectivity index (χ1v) is 4.03. The third-order valence-electron chi connectivity index (χ3n) is 1.87. The molecule has 0 fully saturated rings. The summed E-state index contributed by atoms with van der Waals surface area (Å²) < 4.78 is 5.01. The average molecular weight is 192 g/mol. The molecular formula is C9H8N2O3. The topological polar surface area (TPSA) is 89.3 Å². The van der Waals surface area contributed by atoms with Crippen LogP contribution in [0.2, 0.25) is 0 Å². The van der Waals surface area contributed by atoms with Crippen LogP contribution in [0.1, 0.15) is 16.2 Å². The maximum atomic E-state index is 10.5. The molecule has 1 heterocycles.